The van der Waals surface area contributed by atoms with E-state index in [1.165, 1.54) is 0 Å². The van der Waals surface area contributed by atoms with Gasteiger partial charge in [0.1, 0.15) is 0 Å². The molecule has 1 N–H and O–H groups in total. The van der Waals surface area contributed by atoms with E-state index >= 15 is 0 Å². The second-order valence-corrected chi connectivity index (χ2v) is 3.20. The summed E-state index contributed by atoms with van der Waals surface area (Å²) in [6.07, 6.45) is 2.51. The van der Waals surface area contributed by atoms with Crippen LogP contribution < -0.4 is 5.32 Å². The monoisotopic (exact) mass is 200 g/mol. The van der Waals surface area contributed by atoms with E-state index in [0.29, 0.717) is 0 Å². The number of amides is 3. The van der Waals surface area contributed by atoms with Crippen LogP contribution in [0.4, 0.5) is 9.59 Å². The fraction of sp³-hybridized carbons (Fsp3) is 0.778. The molecule has 0 radical (unpaired) electrons. The van der Waals surface area contributed by atoms with Crippen LogP contribution in [0.3, 0.4) is 0 Å². The normalized spacial score (nSPS) is 16.2. The van der Waals surface area contributed by atoms with Gasteiger partial charge in [0.05, 0.1) is 6.61 Å². The lowest BCUT2D eigenvalue weighted by Crippen LogP contribution is -2.45. The summed E-state index contributed by atoms with van der Waals surface area (Å²) >= 11 is 0. The Hall–Kier alpha value is -1.26. The van der Waals surface area contributed by atoms with Crippen LogP contribution >= 0.6 is 0 Å². The number of nitrogens with one attached hydrogen (secondary N) is 1. The second kappa shape index (κ2) is 5.47. The number of rotatable bonds is 1. The first-order chi connectivity index (χ1) is 6.74. The predicted octanol–water partition coefficient (Wildman–Crippen LogP) is 1.34. The zero-order chi connectivity index (χ0) is 10.4. The third-order valence-corrected chi connectivity index (χ3v) is 2.13. The molecule has 1 rings (SSSR count). The highest BCUT2D eigenvalue weighted by atomic mass is 16.5. The van der Waals surface area contributed by atoms with Crippen LogP contribution in [0.25, 0.3) is 0 Å². The average Bonchev–Trinajstić information content (AvgIpc) is 2.19. The molecule has 5 nitrogen and oxygen atoms in total. The van der Waals surface area contributed by atoms with Crippen molar-refractivity contribution in [3.63, 3.8) is 0 Å². The Kier molecular flexibility index (Phi) is 4.22. The van der Waals surface area contributed by atoms with Crippen LogP contribution in [-0.2, 0) is 4.74 Å². The Labute approximate surface area is 83.4 Å². The van der Waals surface area contributed by atoms with Crippen LogP contribution in [0.2, 0.25) is 0 Å². The Morgan fingerprint density at radius 1 is 1.29 bits per heavy atom. The quantitative estimate of drug-likeness (QED) is 0.694. The molecule has 0 aromatic heterocycles. The molecule has 0 atom stereocenters. The maximum atomic E-state index is 11.4. The maximum absolute atomic E-state index is 11.4. The third kappa shape index (κ3) is 3.24. The standard InChI is InChI=1S/C9H16N2O3/c1-2-14-9(13)10-8(12)11-6-4-3-5-7-11/h2-7H2,1H3,(H,10,12,13). The molecule has 1 aliphatic rings. The van der Waals surface area contributed by atoms with E-state index in [4.69, 9.17) is 0 Å². The van der Waals surface area contributed by atoms with E-state index in [1.54, 1.807) is 11.8 Å². The van der Waals surface area contributed by atoms with Crippen molar-refractivity contribution in [3.05, 3.63) is 0 Å². The lowest BCUT2D eigenvalue weighted by Gasteiger charge is -2.26. The molecule has 1 fully saturated rings. The number of urea groups is 1. The van der Waals surface area contributed by atoms with Crippen molar-refractivity contribution >= 4 is 12.1 Å². The minimum Gasteiger partial charge on any atom is -0.450 e. The number of imide groups is 1. The number of hydrogen-bond donors (Lipinski definition) is 1. The van der Waals surface area contributed by atoms with Crippen molar-refractivity contribution in [1.29, 1.82) is 0 Å². The maximum Gasteiger partial charge on any atom is 0.415 e. The minimum atomic E-state index is -0.664. The molecule has 1 aliphatic heterocycles. The number of hydrogen-bond acceptors (Lipinski definition) is 3. The van der Waals surface area contributed by atoms with Gasteiger partial charge >= 0.3 is 12.1 Å². The molecule has 5 heteroatoms. The van der Waals surface area contributed by atoms with Crippen LogP contribution in [0.1, 0.15) is 26.2 Å². The van der Waals surface area contributed by atoms with Gasteiger partial charge in [0.15, 0.2) is 0 Å². The number of carbonyl (C=O) groups is 2. The molecule has 0 aromatic rings. The van der Waals surface area contributed by atoms with Crippen molar-refractivity contribution in [1.82, 2.24) is 10.2 Å². The van der Waals surface area contributed by atoms with Crippen LogP contribution in [0.5, 0.6) is 0 Å². The molecule has 3 amide bonds. The first kappa shape index (κ1) is 10.8. The molecule has 1 saturated heterocycles. The Balaban J connectivity index is 2.29. The van der Waals surface area contributed by atoms with Crippen molar-refractivity contribution in [2.45, 2.75) is 26.2 Å². The van der Waals surface area contributed by atoms with Gasteiger partial charge in [-0.05, 0) is 26.2 Å². The Morgan fingerprint density at radius 3 is 2.50 bits per heavy atom. The SMILES string of the molecule is CCOC(=O)NC(=O)N1CCCCC1. The van der Waals surface area contributed by atoms with Gasteiger partial charge in [-0.2, -0.15) is 0 Å². The summed E-state index contributed by atoms with van der Waals surface area (Å²) in [5.41, 5.74) is 0. The number of likely N-dealkylation sites (tertiary alicyclic amines) is 1. The Morgan fingerprint density at radius 2 is 1.93 bits per heavy atom. The van der Waals surface area contributed by atoms with E-state index in [1.807, 2.05) is 0 Å². The number of nitrogens with zero attached hydrogens (tertiary/aromatic N) is 1. The van der Waals surface area contributed by atoms with E-state index in [0.717, 1.165) is 32.4 Å². The summed E-state index contributed by atoms with van der Waals surface area (Å²) in [6, 6.07) is -0.344. The van der Waals surface area contributed by atoms with Crippen molar-refractivity contribution in [2.24, 2.45) is 0 Å². The molecule has 0 bridgehead atoms. The molecule has 1 heterocycles. The van der Waals surface area contributed by atoms with Crippen molar-refractivity contribution in [3.8, 4) is 0 Å². The van der Waals surface area contributed by atoms with Gasteiger partial charge in [-0.3, -0.25) is 0 Å². The minimum absolute atomic E-state index is 0.277. The van der Waals surface area contributed by atoms with Gasteiger partial charge in [0.2, 0.25) is 0 Å². The lowest BCUT2D eigenvalue weighted by atomic mass is 10.1. The molecule has 80 valence electrons. The average molecular weight is 200 g/mol. The summed E-state index contributed by atoms with van der Waals surface area (Å²) in [5, 5.41) is 2.18. The molecule has 0 spiro atoms. The summed E-state index contributed by atoms with van der Waals surface area (Å²) in [6.45, 7) is 3.43. The fourth-order valence-corrected chi connectivity index (χ4v) is 1.43. The zero-order valence-electron chi connectivity index (χ0n) is 8.41. The van der Waals surface area contributed by atoms with Gasteiger partial charge in [-0.15, -0.1) is 0 Å². The zero-order valence-corrected chi connectivity index (χ0v) is 8.41. The molecule has 0 aromatic carbocycles. The number of alkyl carbamates (subject to hydrolysis) is 1. The molecular weight excluding hydrogens is 184 g/mol. The van der Waals surface area contributed by atoms with Crippen molar-refractivity contribution in [2.75, 3.05) is 19.7 Å². The van der Waals surface area contributed by atoms with Gasteiger partial charge in [-0.25, -0.2) is 14.9 Å². The third-order valence-electron chi connectivity index (χ3n) is 2.13. The van der Waals surface area contributed by atoms with E-state index in [-0.39, 0.29) is 12.6 Å². The molecule has 0 unspecified atom stereocenters. The smallest absolute Gasteiger partial charge is 0.415 e. The van der Waals surface area contributed by atoms with E-state index in [2.05, 4.69) is 10.1 Å². The van der Waals surface area contributed by atoms with Crippen LogP contribution in [0, 0.1) is 0 Å². The van der Waals surface area contributed by atoms with Crippen molar-refractivity contribution < 1.29 is 14.3 Å². The van der Waals surface area contributed by atoms with Gasteiger partial charge in [0.25, 0.3) is 0 Å². The van der Waals surface area contributed by atoms with E-state index < -0.39 is 6.09 Å². The van der Waals surface area contributed by atoms with Gasteiger partial charge < -0.3 is 9.64 Å². The first-order valence-corrected chi connectivity index (χ1v) is 4.96. The summed E-state index contributed by atoms with van der Waals surface area (Å²) in [4.78, 5) is 24.0. The van der Waals surface area contributed by atoms with E-state index in [9.17, 15) is 9.59 Å². The van der Waals surface area contributed by atoms with Gasteiger partial charge in [0, 0.05) is 13.1 Å². The molecule has 14 heavy (non-hydrogen) atoms. The number of ether oxygens (including phenoxy) is 1. The first-order valence-electron chi connectivity index (χ1n) is 4.96. The van der Waals surface area contributed by atoms with Crippen LogP contribution in [0.15, 0.2) is 0 Å². The highest BCUT2D eigenvalue weighted by molar-refractivity contribution is 5.90. The van der Waals surface area contributed by atoms with Crippen LogP contribution in [-0.4, -0.2) is 36.7 Å². The molecular formula is C9H16N2O3. The molecule has 0 aliphatic carbocycles. The predicted molar refractivity (Wildman–Crippen MR) is 51.0 cm³/mol. The van der Waals surface area contributed by atoms with Gasteiger partial charge in [-0.1, -0.05) is 0 Å². The lowest BCUT2D eigenvalue weighted by molar-refractivity contribution is 0.144. The summed E-state index contributed by atoms with van der Waals surface area (Å²) in [7, 11) is 0. The highest BCUT2D eigenvalue weighted by Gasteiger charge is 2.18. The number of carbonyl (C=O) groups excluding carboxylic acids is 2. The highest BCUT2D eigenvalue weighted by Crippen LogP contribution is 2.08. The topological polar surface area (TPSA) is 58.6 Å². The summed E-state index contributed by atoms with van der Waals surface area (Å²) < 4.78 is 4.61. The molecule has 0 saturated carbocycles. The number of piperidine rings is 1. The fourth-order valence-electron chi connectivity index (χ4n) is 1.43. The largest absolute Gasteiger partial charge is 0.450 e. The Bertz CT molecular complexity index is 212. The second-order valence-electron chi connectivity index (χ2n) is 3.20. The summed E-state index contributed by atoms with van der Waals surface area (Å²) in [5.74, 6) is 0.